The van der Waals surface area contributed by atoms with Gasteiger partial charge in [-0.2, -0.15) is 0 Å². The quantitative estimate of drug-likeness (QED) is 0.746. The molecule has 1 aromatic rings. The van der Waals surface area contributed by atoms with Crippen LogP contribution in [0.1, 0.15) is 19.4 Å². The lowest BCUT2D eigenvalue weighted by Crippen LogP contribution is -2.47. The van der Waals surface area contributed by atoms with E-state index in [1.807, 2.05) is 6.07 Å². The van der Waals surface area contributed by atoms with Gasteiger partial charge in [0.2, 0.25) is 0 Å². The van der Waals surface area contributed by atoms with Gasteiger partial charge in [0.05, 0.1) is 6.04 Å². The zero-order chi connectivity index (χ0) is 10.8. The molecular weight excluding hydrogens is 178 g/mol. The van der Waals surface area contributed by atoms with E-state index in [0.29, 0.717) is 5.56 Å². The monoisotopic (exact) mass is 193 g/mol. The van der Waals surface area contributed by atoms with Gasteiger partial charge in [-0.3, -0.25) is 4.79 Å². The fraction of sp³-hybridized carbons (Fsp3) is 0.364. The molecule has 0 saturated heterocycles. The van der Waals surface area contributed by atoms with Crippen LogP contribution in [0.5, 0.6) is 0 Å². The van der Waals surface area contributed by atoms with E-state index < -0.39 is 11.6 Å². The number of aliphatic hydroxyl groups is 1. The highest BCUT2D eigenvalue weighted by Gasteiger charge is 2.33. The highest BCUT2D eigenvalue weighted by Crippen LogP contribution is 2.23. The lowest BCUT2D eigenvalue weighted by atomic mass is 9.87. The van der Waals surface area contributed by atoms with Crippen LogP contribution in [0.4, 0.5) is 0 Å². The second-order valence-electron chi connectivity index (χ2n) is 3.60. The summed E-state index contributed by atoms with van der Waals surface area (Å²) in [5, 5.41) is 10.1. The van der Waals surface area contributed by atoms with Crippen molar-refractivity contribution in [2.45, 2.75) is 25.5 Å². The molecule has 2 atom stereocenters. The Balaban J connectivity index is 3.02. The average molecular weight is 193 g/mol. The zero-order valence-corrected chi connectivity index (χ0v) is 8.40. The normalized spacial score (nSPS) is 17.1. The number of carbonyl (C=O) groups is 1. The van der Waals surface area contributed by atoms with E-state index in [2.05, 4.69) is 0 Å². The van der Waals surface area contributed by atoms with Gasteiger partial charge in [-0.1, -0.05) is 30.3 Å². The van der Waals surface area contributed by atoms with Gasteiger partial charge < -0.3 is 10.8 Å². The fourth-order valence-corrected chi connectivity index (χ4v) is 1.35. The number of hydrogen-bond acceptors (Lipinski definition) is 3. The Morgan fingerprint density at radius 2 is 1.93 bits per heavy atom. The molecule has 0 spiro atoms. The number of carbonyl (C=O) groups excluding carboxylic acids is 1. The van der Waals surface area contributed by atoms with Crippen LogP contribution in [0.25, 0.3) is 0 Å². The van der Waals surface area contributed by atoms with Crippen molar-refractivity contribution in [1.82, 2.24) is 0 Å². The van der Waals surface area contributed by atoms with E-state index in [4.69, 9.17) is 5.73 Å². The van der Waals surface area contributed by atoms with Crippen molar-refractivity contribution in [2.75, 3.05) is 0 Å². The van der Waals surface area contributed by atoms with Crippen molar-refractivity contribution >= 4 is 5.78 Å². The van der Waals surface area contributed by atoms with Crippen molar-refractivity contribution in [3.8, 4) is 0 Å². The maximum absolute atomic E-state index is 11.1. The summed E-state index contributed by atoms with van der Waals surface area (Å²) < 4.78 is 0. The van der Waals surface area contributed by atoms with E-state index in [1.54, 1.807) is 31.2 Å². The molecule has 0 unspecified atom stereocenters. The molecule has 0 aromatic heterocycles. The molecule has 0 heterocycles. The predicted octanol–water partition coefficient (Wildman–Crippen LogP) is 0.810. The Labute approximate surface area is 83.6 Å². The zero-order valence-electron chi connectivity index (χ0n) is 8.40. The fourth-order valence-electron chi connectivity index (χ4n) is 1.35. The summed E-state index contributed by atoms with van der Waals surface area (Å²) in [5.41, 5.74) is 4.98. The minimum Gasteiger partial charge on any atom is -0.383 e. The molecule has 0 bridgehead atoms. The molecule has 0 aliphatic heterocycles. The lowest BCUT2D eigenvalue weighted by Gasteiger charge is -2.28. The third-order valence-corrected chi connectivity index (χ3v) is 2.40. The molecule has 3 heteroatoms. The van der Waals surface area contributed by atoms with Crippen molar-refractivity contribution < 1.29 is 9.90 Å². The van der Waals surface area contributed by atoms with Gasteiger partial charge >= 0.3 is 0 Å². The highest BCUT2D eigenvalue weighted by atomic mass is 16.3. The first kappa shape index (κ1) is 10.9. The van der Waals surface area contributed by atoms with E-state index in [-0.39, 0.29) is 5.78 Å². The number of Topliss-reactive ketones (excluding diaryl/α,β-unsaturated/α-hetero) is 1. The summed E-state index contributed by atoms with van der Waals surface area (Å²) in [4.78, 5) is 11.1. The van der Waals surface area contributed by atoms with Crippen LogP contribution in [0.3, 0.4) is 0 Å². The first-order valence-electron chi connectivity index (χ1n) is 4.50. The molecule has 0 amide bonds. The standard InChI is InChI=1S/C11H15NO2/c1-8(13)10(12)11(2,14)9-6-4-3-5-7-9/h3-7,10,14H,12H2,1-2H3/t10-,11-/m1/s1. The molecule has 14 heavy (non-hydrogen) atoms. The minimum atomic E-state index is -1.30. The Bertz CT molecular complexity index is 319. The second-order valence-corrected chi connectivity index (χ2v) is 3.60. The predicted molar refractivity (Wildman–Crippen MR) is 54.7 cm³/mol. The van der Waals surface area contributed by atoms with Crippen molar-refractivity contribution in [3.63, 3.8) is 0 Å². The molecule has 0 saturated carbocycles. The molecule has 0 radical (unpaired) electrons. The van der Waals surface area contributed by atoms with E-state index >= 15 is 0 Å². The highest BCUT2D eigenvalue weighted by molar-refractivity contribution is 5.82. The SMILES string of the molecule is CC(=O)[C@@H](N)[C@](C)(O)c1ccccc1. The summed E-state index contributed by atoms with van der Waals surface area (Å²) in [5.74, 6) is -0.223. The van der Waals surface area contributed by atoms with E-state index in [9.17, 15) is 9.90 Å². The summed E-state index contributed by atoms with van der Waals surface area (Å²) in [7, 11) is 0. The summed E-state index contributed by atoms with van der Waals surface area (Å²) in [6.07, 6.45) is 0. The molecule has 1 aromatic carbocycles. The Morgan fingerprint density at radius 1 is 1.43 bits per heavy atom. The molecular formula is C11H15NO2. The van der Waals surface area contributed by atoms with Crippen molar-refractivity contribution in [3.05, 3.63) is 35.9 Å². The van der Waals surface area contributed by atoms with Gasteiger partial charge in [-0.15, -0.1) is 0 Å². The van der Waals surface area contributed by atoms with Gasteiger partial charge in [-0.05, 0) is 19.4 Å². The number of ketones is 1. The number of nitrogens with two attached hydrogens (primary N) is 1. The molecule has 0 aliphatic carbocycles. The maximum Gasteiger partial charge on any atom is 0.149 e. The largest absolute Gasteiger partial charge is 0.383 e. The topological polar surface area (TPSA) is 63.3 Å². The maximum atomic E-state index is 11.1. The lowest BCUT2D eigenvalue weighted by molar-refractivity contribution is -0.124. The van der Waals surface area contributed by atoms with Gasteiger partial charge in [-0.25, -0.2) is 0 Å². The van der Waals surface area contributed by atoms with Crippen molar-refractivity contribution in [1.29, 1.82) is 0 Å². The molecule has 0 fully saturated rings. The van der Waals surface area contributed by atoms with Crippen LogP contribution in [0.15, 0.2) is 30.3 Å². The van der Waals surface area contributed by atoms with Gasteiger partial charge in [0.1, 0.15) is 11.4 Å². The van der Waals surface area contributed by atoms with Gasteiger partial charge in [0, 0.05) is 0 Å². The Morgan fingerprint density at radius 3 is 2.36 bits per heavy atom. The number of benzene rings is 1. The molecule has 1 rings (SSSR count). The molecule has 3 N–H and O–H groups in total. The Hall–Kier alpha value is -1.19. The molecule has 3 nitrogen and oxygen atoms in total. The third-order valence-electron chi connectivity index (χ3n) is 2.40. The first-order valence-corrected chi connectivity index (χ1v) is 4.50. The average Bonchev–Trinajstić information content (AvgIpc) is 2.18. The summed E-state index contributed by atoms with van der Waals surface area (Å²) in [6, 6.07) is 8.07. The third kappa shape index (κ3) is 2.00. The second kappa shape index (κ2) is 3.90. The van der Waals surface area contributed by atoms with E-state index in [0.717, 1.165) is 0 Å². The van der Waals surface area contributed by atoms with Crippen molar-refractivity contribution in [2.24, 2.45) is 5.73 Å². The smallest absolute Gasteiger partial charge is 0.149 e. The Kier molecular flexibility index (Phi) is 3.03. The van der Waals surface area contributed by atoms with Crippen LogP contribution in [-0.4, -0.2) is 16.9 Å². The molecule has 76 valence electrons. The molecule has 0 aliphatic rings. The van der Waals surface area contributed by atoms with Crippen LogP contribution in [0.2, 0.25) is 0 Å². The number of rotatable bonds is 3. The minimum absolute atomic E-state index is 0.223. The van der Waals surface area contributed by atoms with Gasteiger partial charge in [0.15, 0.2) is 0 Å². The van der Waals surface area contributed by atoms with Crippen LogP contribution in [0, 0.1) is 0 Å². The summed E-state index contributed by atoms with van der Waals surface area (Å²) >= 11 is 0. The van der Waals surface area contributed by atoms with Crippen LogP contribution in [-0.2, 0) is 10.4 Å². The van der Waals surface area contributed by atoms with Crippen LogP contribution < -0.4 is 5.73 Å². The van der Waals surface area contributed by atoms with E-state index in [1.165, 1.54) is 6.92 Å². The van der Waals surface area contributed by atoms with Gasteiger partial charge in [0.25, 0.3) is 0 Å². The summed E-state index contributed by atoms with van der Waals surface area (Å²) in [6.45, 7) is 2.93. The first-order chi connectivity index (χ1) is 6.46. The number of hydrogen-bond donors (Lipinski definition) is 2. The van der Waals surface area contributed by atoms with Crippen LogP contribution >= 0.6 is 0 Å².